The summed E-state index contributed by atoms with van der Waals surface area (Å²) in [6.45, 7) is 15.3. The zero-order valence-corrected chi connectivity index (χ0v) is 19.9. The Balaban J connectivity index is 2.01. The van der Waals surface area contributed by atoms with Crippen molar-refractivity contribution in [2.75, 3.05) is 13.2 Å². The lowest BCUT2D eigenvalue weighted by molar-refractivity contribution is -0.111. The average Bonchev–Trinajstić information content (AvgIpc) is 3.55. The molecule has 3 nitrogen and oxygen atoms in total. The van der Waals surface area contributed by atoms with Gasteiger partial charge in [-0.1, -0.05) is 91.5 Å². The molecule has 2 rings (SSSR count). The van der Waals surface area contributed by atoms with Crippen molar-refractivity contribution >= 4 is 0 Å². The van der Waals surface area contributed by atoms with Crippen LogP contribution in [0, 0.1) is 10.8 Å². The SMILES string of the molecule is CCCCCC=CC(C)(C)C(OC(C1CO1)C(C)(C)C=CCCCCC)C1CO1. The Morgan fingerprint density at radius 3 is 1.45 bits per heavy atom. The molecule has 2 saturated heterocycles. The summed E-state index contributed by atoms with van der Waals surface area (Å²) in [5.41, 5.74) is -0.108. The monoisotopic (exact) mass is 406 g/mol. The Morgan fingerprint density at radius 1 is 0.759 bits per heavy atom. The Kier molecular flexibility index (Phi) is 9.91. The lowest BCUT2D eigenvalue weighted by Gasteiger charge is -2.39. The van der Waals surface area contributed by atoms with Gasteiger partial charge >= 0.3 is 0 Å². The number of rotatable bonds is 16. The molecule has 0 radical (unpaired) electrons. The van der Waals surface area contributed by atoms with E-state index in [0.29, 0.717) is 0 Å². The first-order valence-corrected chi connectivity index (χ1v) is 12.1. The maximum Gasteiger partial charge on any atom is 0.108 e. The third kappa shape index (κ3) is 8.55. The second-order valence-electron chi connectivity index (χ2n) is 10.2. The van der Waals surface area contributed by atoms with Crippen LogP contribution in [0.15, 0.2) is 24.3 Å². The van der Waals surface area contributed by atoms with Crippen molar-refractivity contribution in [3.05, 3.63) is 24.3 Å². The Bertz CT molecular complexity index is 466. The summed E-state index contributed by atoms with van der Waals surface area (Å²) in [5.74, 6) is 0. The molecule has 3 heteroatoms. The molecule has 2 aliphatic rings. The predicted octanol–water partition coefficient (Wildman–Crippen LogP) is 6.86. The summed E-state index contributed by atoms with van der Waals surface area (Å²) >= 11 is 0. The highest BCUT2D eigenvalue weighted by Crippen LogP contribution is 2.41. The number of allylic oxidation sites excluding steroid dienone is 2. The van der Waals surface area contributed by atoms with Crippen LogP contribution in [-0.2, 0) is 14.2 Å². The highest BCUT2D eigenvalue weighted by atomic mass is 16.6. The fourth-order valence-electron chi connectivity index (χ4n) is 4.09. The van der Waals surface area contributed by atoms with E-state index in [-0.39, 0.29) is 35.2 Å². The van der Waals surface area contributed by atoms with Crippen molar-refractivity contribution in [1.82, 2.24) is 0 Å². The Morgan fingerprint density at radius 2 is 1.14 bits per heavy atom. The molecule has 168 valence electrons. The molecule has 0 aromatic rings. The van der Waals surface area contributed by atoms with E-state index >= 15 is 0 Å². The number of hydrogen-bond acceptors (Lipinski definition) is 3. The second-order valence-corrected chi connectivity index (χ2v) is 10.2. The van der Waals surface area contributed by atoms with Gasteiger partial charge in [0.2, 0.25) is 0 Å². The maximum atomic E-state index is 6.83. The van der Waals surface area contributed by atoms with Crippen LogP contribution in [0.3, 0.4) is 0 Å². The number of hydrogen-bond donors (Lipinski definition) is 0. The molecule has 0 aromatic carbocycles. The van der Waals surface area contributed by atoms with Gasteiger partial charge in [0.15, 0.2) is 0 Å². The molecule has 0 amide bonds. The topological polar surface area (TPSA) is 34.3 Å². The van der Waals surface area contributed by atoms with E-state index < -0.39 is 0 Å². The molecule has 2 heterocycles. The van der Waals surface area contributed by atoms with Crippen molar-refractivity contribution in [2.45, 2.75) is 117 Å². The minimum absolute atomic E-state index is 0.0541. The van der Waals surface area contributed by atoms with Gasteiger partial charge in [-0.25, -0.2) is 0 Å². The standard InChI is InChI=1S/C26H46O3/c1-7-9-11-13-15-17-25(3,4)23(21-19-27-21)29-24(22-20-28-22)26(5,6)18-16-14-12-10-8-2/h15-18,21-24H,7-14,19-20H2,1-6H3. The normalized spacial score (nSPS) is 24.3. The minimum Gasteiger partial charge on any atom is -0.370 e. The third-order valence-corrected chi connectivity index (χ3v) is 6.20. The Labute approximate surface area is 180 Å². The summed E-state index contributed by atoms with van der Waals surface area (Å²) in [7, 11) is 0. The lowest BCUT2D eigenvalue weighted by Crippen LogP contribution is -2.45. The van der Waals surface area contributed by atoms with Crippen molar-refractivity contribution < 1.29 is 14.2 Å². The highest BCUT2D eigenvalue weighted by molar-refractivity contribution is 5.08. The number of epoxide rings is 2. The smallest absolute Gasteiger partial charge is 0.108 e. The summed E-state index contributed by atoms with van der Waals surface area (Å²) < 4.78 is 18.3. The molecule has 2 fully saturated rings. The van der Waals surface area contributed by atoms with E-state index in [2.05, 4.69) is 65.8 Å². The predicted molar refractivity (Wildman–Crippen MR) is 122 cm³/mol. The molecular weight excluding hydrogens is 360 g/mol. The quantitative estimate of drug-likeness (QED) is 0.159. The minimum atomic E-state index is -0.0541. The van der Waals surface area contributed by atoms with E-state index in [1.165, 1.54) is 38.5 Å². The zero-order chi connectivity index (χ0) is 21.3. The van der Waals surface area contributed by atoms with Gasteiger partial charge in [0.1, 0.15) is 12.2 Å². The van der Waals surface area contributed by atoms with Crippen molar-refractivity contribution in [1.29, 1.82) is 0 Å². The molecular formula is C26H46O3. The maximum absolute atomic E-state index is 6.83. The molecule has 29 heavy (non-hydrogen) atoms. The van der Waals surface area contributed by atoms with E-state index in [1.54, 1.807) is 0 Å². The fraction of sp³-hybridized carbons (Fsp3) is 0.846. The fourth-order valence-corrected chi connectivity index (χ4v) is 4.09. The van der Waals surface area contributed by atoms with Gasteiger partial charge in [-0.15, -0.1) is 0 Å². The molecule has 0 aromatic heterocycles. The van der Waals surface area contributed by atoms with Gasteiger partial charge in [-0.05, 0) is 25.7 Å². The van der Waals surface area contributed by atoms with E-state index in [9.17, 15) is 0 Å². The van der Waals surface area contributed by atoms with Crippen molar-refractivity contribution in [3.8, 4) is 0 Å². The summed E-state index contributed by atoms with van der Waals surface area (Å²) in [6, 6.07) is 0. The van der Waals surface area contributed by atoms with Crippen LogP contribution < -0.4 is 0 Å². The number of ether oxygens (including phenoxy) is 3. The molecule has 0 aliphatic carbocycles. The van der Waals surface area contributed by atoms with Gasteiger partial charge in [-0.2, -0.15) is 0 Å². The van der Waals surface area contributed by atoms with E-state index in [4.69, 9.17) is 14.2 Å². The van der Waals surface area contributed by atoms with Gasteiger partial charge in [0.25, 0.3) is 0 Å². The van der Waals surface area contributed by atoms with E-state index in [1.807, 2.05) is 0 Å². The van der Waals surface area contributed by atoms with Crippen molar-refractivity contribution in [3.63, 3.8) is 0 Å². The first kappa shape index (κ1) is 24.6. The zero-order valence-electron chi connectivity index (χ0n) is 19.9. The van der Waals surface area contributed by atoms with Crippen LogP contribution in [0.1, 0.15) is 92.9 Å². The molecule has 4 unspecified atom stereocenters. The first-order chi connectivity index (χ1) is 13.8. The number of unbranched alkanes of at least 4 members (excludes halogenated alkanes) is 6. The average molecular weight is 407 g/mol. The molecule has 0 saturated carbocycles. The lowest BCUT2D eigenvalue weighted by atomic mass is 9.81. The summed E-state index contributed by atoms with van der Waals surface area (Å²) in [6.07, 6.45) is 19.9. The Hall–Kier alpha value is -0.640. The van der Waals surface area contributed by atoms with Gasteiger partial charge < -0.3 is 14.2 Å². The van der Waals surface area contributed by atoms with E-state index in [0.717, 1.165) is 26.1 Å². The third-order valence-electron chi connectivity index (χ3n) is 6.20. The second kappa shape index (κ2) is 11.7. The summed E-state index contributed by atoms with van der Waals surface area (Å²) in [4.78, 5) is 0. The molecule has 0 bridgehead atoms. The van der Waals surface area contributed by atoms with Crippen LogP contribution >= 0.6 is 0 Å². The van der Waals surface area contributed by atoms with Crippen LogP contribution in [0.4, 0.5) is 0 Å². The highest BCUT2D eigenvalue weighted by Gasteiger charge is 2.49. The molecule has 0 N–H and O–H groups in total. The van der Waals surface area contributed by atoms with Gasteiger partial charge in [0.05, 0.1) is 25.4 Å². The van der Waals surface area contributed by atoms with Gasteiger partial charge in [-0.3, -0.25) is 0 Å². The molecule has 4 atom stereocenters. The van der Waals surface area contributed by atoms with Crippen LogP contribution in [-0.4, -0.2) is 37.6 Å². The van der Waals surface area contributed by atoms with Gasteiger partial charge in [0, 0.05) is 10.8 Å². The van der Waals surface area contributed by atoms with Crippen LogP contribution in [0.5, 0.6) is 0 Å². The summed E-state index contributed by atoms with van der Waals surface area (Å²) in [5, 5.41) is 0. The van der Waals surface area contributed by atoms with Crippen LogP contribution in [0.2, 0.25) is 0 Å². The molecule has 2 aliphatic heterocycles. The first-order valence-electron chi connectivity index (χ1n) is 12.1. The largest absolute Gasteiger partial charge is 0.370 e. The van der Waals surface area contributed by atoms with Crippen molar-refractivity contribution in [2.24, 2.45) is 10.8 Å². The van der Waals surface area contributed by atoms with Crippen LogP contribution in [0.25, 0.3) is 0 Å². The molecule has 0 spiro atoms.